The Bertz CT molecular complexity index is 613. The average molecular weight is 320 g/mol. The van der Waals surface area contributed by atoms with Crippen molar-refractivity contribution in [3.05, 3.63) is 70.8 Å². The van der Waals surface area contributed by atoms with Gasteiger partial charge in [0.25, 0.3) is 0 Å². The van der Waals surface area contributed by atoms with E-state index in [-0.39, 0.29) is 11.6 Å². The average Bonchev–Trinajstić information content (AvgIpc) is 2.45. The Morgan fingerprint density at radius 1 is 0.682 bits per heavy atom. The molecular formula is C15H10F6O. The Morgan fingerprint density at radius 2 is 1.14 bits per heavy atom. The van der Waals surface area contributed by atoms with Crippen molar-refractivity contribution in [2.45, 2.75) is 18.5 Å². The largest absolute Gasteiger partial charge is 0.416 e. The van der Waals surface area contributed by atoms with Crippen LogP contribution in [0.25, 0.3) is 0 Å². The number of hydrogen-bond donors (Lipinski definition) is 1. The summed E-state index contributed by atoms with van der Waals surface area (Å²) in [5.41, 5.74) is -3.16. The minimum atomic E-state index is -4.94. The Hall–Kier alpha value is -2.02. The van der Waals surface area contributed by atoms with E-state index in [2.05, 4.69) is 0 Å². The van der Waals surface area contributed by atoms with Gasteiger partial charge in [-0.05, 0) is 29.3 Å². The number of rotatable bonds is 2. The van der Waals surface area contributed by atoms with Gasteiger partial charge in [0.05, 0.1) is 11.1 Å². The minimum Gasteiger partial charge on any atom is -0.384 e. The number of benzene rings is 2. The molecule has 0 radical (unpaired) electrons. The van der Waals surface area contributed by atoms with Crippen molar-refractivity contribution in [3.63, 3.8) is 0 Å². The van der Waals surface area contributed by atoms with E-state index >= 15 is 0 Å². The normalized spacial score (nSPS) is 14.0. The highest BCUT2D eigenvalue weighted by Crippen LogP contribution is 2.38. The molecule has 0 spiro atoms. The van der Waals surface area contributed by atoms with Crippen molar-refractivity contribution in [1.82, 2.24) is 0 Å². The third kappa shape index (κ3) is 3.59. The lowest BCUT2D eigenvalue weighted by atomic mass is 9.97. The molecule has 0 saturated heterocycles. The van der Waals surface area contributed by atoms with Crippen LogP contribution < -0.4 is 0 Å². The van der Waals surface area contributed by atoms with Crippen LogP contribution in [0.15, 0.2) is 48.5 Å². The van der Waals surface area contributed by atoms with E-state index in [0.717, 1.165) is 0 Å². The van der Waals surface area contributed by atoms with Gasteiger partial charge in [-0.15, -0.1) is 0 Å². The molecule has 0 aromatic heterocycles. The van der Waals surface area contributed by atoms with Crippen LogP contribution in [0.3, 0.4) is 0 Å². The fourth-order valence-electron chi connectivity index (χ4n) is 1.96. The first kappa shape index (κ1) is 16.4. The Balaban J connectivity index is 2.56. The fourth-order valence-corrected chi connectivity index (χ4v) is 1.96. The van der Waals surface area contributed by atoms with Crippen LogP contribution in [0.2, 0.25) is 0 Å². The van der Waals surface area contributed by atoms with E-state index < -0.39 is 35.1 Å². The van der Waals surface area contributed by atoms with Crippen LogP contribution in [0.5, 0.6) is 0 Å². The van der Waals surface area contributed by atoms with Crippen LogP contribution in [0.1, 0.15) is 28.4 Å². The molecule has 0 aliphatic carbocycles. The van der Waals surface area contributed by atoms with Crippen molar-refractivity contribution in [1.29, 1.82) is 0 Å². The number of aliphatic hydroxyl groups is 1. The first-order valence-electron chi connectivity index (χ1n) is 6.11. The van der Waals surface area contributed by atoms with Crippen molar-refractivity contribution in [2.24, 2.45) is 0 Å². The predicted molar refractivity (Wildman–Crippen MR) is 66.9 cm³/mol. The van der Waals surface area contributed by atoms with Crippen LogP contribution >= 0.6 is 0 Å². The Labute approximate surface area is 121 Å². The molecule has 2 aromatic carbocycles. The molecule has 0 amide bonds. The van der Waals surface area contributed by atoms with Crippen LogP contribution in [-0.2, 0) is 12.4 Å². The molecule has 1 nitrogen and oxygen atoms in total. The summed E-state index contributed by atoms with van der Waals surface area (Å²) in [6.07, 6.45) is -11.5. The number of alkyl halides is 6. The number of hydrogen-bond acceptors (Lipinski definition) is 1. The molecular weight excluding hydrogens is 310 g/mol. The summed E-state index contributed by atoms with van der Waals surface area (Å²) >= 11 is 0. The zero-order chi connectivity index (χ0) is 16.5. The first-order valence-corrected chi connectivity index (χ1v) is 6.11. The van der Waals surface area contributed by atoms with E-state index in [1.54, 1.807) is 6.07 Å². The number of halogens is 6. The van der Waals surface area contributed by atoms with Gasteiger partial charge in [0.2, 0.25) is 0 Å². The molecule has 2 rings (SSSR count). The molecule has 0 fully saturated rings. The lowest BCUT2D eigenvalue weighted by Gasteiger charge is -2.17. The monoisotopic (exact) mass is 320 g/mol. The summed E-state index contributed by atoms with van der Waals surface area (Å²) in [5.74, 6) is 0. The maximum absolute atomic E-state index is 12.8. The molecule has 22 heavy (non-hydrogen) atoms. The first-order chi connectivity index (χ1) is 10.1. The van der Waals surface area contributed by atoms with Crippen LogP contribution in [0.4, 0.5) is 26.3 Å². The summed E-state index contributed by atoms with van der Waals surface area (Å²) in [6, 6.07) is 8.56. The summed E-state index contributed by atoms with van der Waals surface area (Å²) in [5, 5.41) is 10.0. The molecule has 0 unspecified atom stereocenters. The standard InChI is InChI=1S/C15H10F6O/c16-14(17,18)11-6-10(7-12(8-11)15(19,20)21)13(22)9-4-2-1-3-5-9/h1-8,13,22H/t13-/m1/s1. The molecule has 7 heteroatoms. The van der Waals surface area contributed by atoms with E-state index in [1.807, 2.05) is 0 Å². The quantitative estimate of drug-likeness (QED) is 0.788. The van der Waals surface area contributed by atoms with E-state index in [9.17, 15) is 31.4 Å². The summed E-state index contributed by atoms with van der Waals surface area (Å²) in [6.45, 7) is 0. The molecule has 0 saturated carbocycles. The Kier molecular flexibility index (Phi) is 4.19. The zero-order valence-electron chi connectivity index (χ0n) is 10.9. The predicted octanol–water partition coefficient (Wildman–Crippen LogP) is 4.81. The third-order valence-corrected chi connectivity index (χ3v) is 3.04. The Morgan fingerprint density at radius 3 is 1.55 bits per heavy atom. The molecule has 0 heterocycles. The lowest BCUT2D eigenvalue weighted by molar-refractivity contribution is -0.143. The summed E-state index contributed by atoms with van der Waals surface area (Å²) in [4.78, 5) is 0. The zero-order valence-corrected chi connectivity index (χ0v) is 10.9. The van der Waals surface area contributed by atoms with E-state index in [0.29, 0.717) is 12.1 Å². The van der Waals surface area contributed by atoms with Crippen molar-refractivity contribution in [3.8, 4) is 0 Å². The highest BCUT2D eigenvalue weighted by Gasteiger charge is 2.37. The fraction of sp³-hybridized carbons (Fsp3) is 0.200. The van der Waals surface area contributed by atoms with Gasteiger partial charge < -0.3 is 5.11 Å². The topological polar surface area (TPSA) is 20.2 Å². The van der Waals surface area contributed by atoms with Gasteiger partial charge in [-0.1, -0.05) is 30.3 Å². The smallest absolute Gasteiger partial charge is 0.384 e. The highest BCUT2D eigenvalue weighted by molar-refractivity contribution is 5.38. The number of aliphatic hydroxyl groups excluding tert-OH is 1. The second-order valence-corrected chi connectivity index (χ2v) is 4.65. The van der Waals surface area contributed by atoms with Crippen molar-refractivity contribution in [2.75, 3.05) is 0 Å². The van der Waals surface area contributed by atoms with Gasteiger partial charge in [0.15, 0.2) is 0 Å². The highest BCUT2D eigenvalue weighted by atomic mass is 19.4. The minimum absolute atomic E-state index is 0.0290. The van der Waals surface area contributed by atoms with Gasteiger partial charge >= 0.3 is 12.4 Å². The van der Waals surface area contributed by atoms with Gasteiger partial charge in [-0.2, -0.15) is 26.3 Å². The summed E-state index contributed by atoms with van der Waals surface area (Å²) < 4.78 is 76.5. The van der Waals surface area contributed by atoms with Gasteiger partial charge in [0.1, 0.15) is 6.10 Å². The molecule has 0 bridgehead atoms. The second kappa shape index (κ2) is 5.64. The molecule has 118 valence electrons. The van der Waals surface area contributed by atoms with Gasteiger partial charge in [0, 0.05) is 0 Å². The van der Waals surface area contributed by atoms with Crippen LogP contribution in [0, 0.1) is 0 Å². The molecule has 1 atom stereocenters. The molecule has 0 aliphatic heterocycles. The SMILES string of the molecule is O[C@H](c1ccccc1)c1cc(C(F)(F)F)cc(C(F)(F)F)c1. The maximum atomic E-state index is 12.8. The van der Waals surface area contributed by atoms with Crippen molar-refractivity contribution >= 4 is 0 Å². The second-order valence-electron chi connectivity index (χ2n) is 4.65. The summed E-state index contributed by atoms with van der Waals surface area (Å²) in [7, 11) is 0. The van der Waals surface area contributed by atoms with Gasteiger partial charge in [-0.3, -0.25) is 0 Å². The lowest BCUT2D eigenvalue weighted by Crippen LogP contribution is -2.13. The molecule has 1 N–H and O–H groups in total. The van der Waals surface area contributed by atoms with Gasteiger partial charge in [-0.25, -0.2) is 0 Å². The third-order valence-electron chi connectivity index (χ3n) is 3.04. The van der Waals surface area contributed by atoms with Crippen LogP contribution in [-0.4, -0.2) is 5.11 Å². The molecule has 2 aromatic rings. The van der Waals surface area contributed by atoms with E-state index in [1.165, 1.54) is 24.3 Å². The molecule has 0 aliphatic rings. The van der Waals surface area contributed by atoms with E-state index in [4.69, 9.17) is 0 Å². The maximum Gasteiger partial charge on any atom is 0.416 e. The van der Waals surface area contributed by atoms with Crippen molar-refractivity contribution < 1.29 is 31.4 Å².